The summed E-state index contributed by atoms with van der Waals surface area (Å²) < 4.78 is 5.10. The number of ether oxygens (including phenoxy) is 1. The number of hydrogen-bond donors (Lipinski definition) is 0. The van der Waals surface area contributed by atoms with Gasteiger partial charge in [0, 0.05) is 25.1 Å². The van der Waals surface area contributed by atoms with E-state index >= 15 is 0 Å². The first-order valence-corrected chi connectivity index (χ1v) is 5.35. The van der Waals surface area contributed by atoms with E-state index in [1.165, 1.54) is 6.20 Å². The van der Waals surface area contributed by atoms with Crippen molar-refractivity contribution in [2.45, 2.75) is 0 Å². The van der Waals surface area contributed by atoms with Gasteiger partial charge in [0.05, 0.1) is 7.11 Å². The SMILES string of the molecule is COc1ccc(N(C)c2nccnc2C#N)cc1. The van der Waals surface area contributed by atoms with Gasteiger partial charge in [-0.1, -0.05) is 0 Å². The summed E-state index contributed by atoms with van der Waals surface area (Å²) in [5, 5.41) is 9.00. The highest BCUT2D eigenvalue weighted by atomic mass is 16.5. The van der Waals surface area contributed by atoms with Crippen LogP contribution >= 0.6 is 0 Å². The van der Waals surface area contributed by atoms with Crippen molar-refractivity contribution in [2.24, 2.45) is 0 Å². The molecule has 0 saturated heterocycles. The minimum Gasteiger partial charge on any atom is -0.497 e. The lowest BCUT2D eigenvalue weighted by Crippen LogP contribution is -2.13. The summed E-state index contributed by atoms with van der Waals surface area (Å²) >= 11 is 0. The highest BCUT2D eigenvalue weighted by molar-refractivity contribution is 5.63. The van der Waals surface area contributed by atoms with Crippen LogP contribution in [-0.2, 0) is 0 Å². The third kappa shape index (κ3) is 2.23. The maximum Gasteiger partial charge on any atom is 0.183 e. The van der Waals surface area contributed by atoms with Crippen molar-refractivity contribution >= 4 is 11.5 Å². The molecule has 0 radical (unpaired) electrons. The zero-order valence-electron chi connectivity index (χ0n) is 10.2. The topological polar surface area (TPSA) is 62.0 Å². The van der Waals surface area contributed by atoms with Crippen molar-refractivity contribution in [3.8, 4) is 11.8 Å². The number of hydrogen-bond acceptors (Lipinski definition) is 5. The van der Waals surface area contributed by atoms with Gasteiger partial charge in [0.15, 0.2) is 11.5 Å². The van der Waals surface area contributed by atoms with Crippen molar-refractivity contribution in [3.05, 3.63) is 42.4 Å². The lowest BCUT2D eigenvalue weighted by Gasteiger charge is -2.18. The molecule has 0 amide bonds. The lowest BCUT2D eigenvalue weighted by atomic mass is 10.2. The quantitative estimate of drug-likeness (QED) is 0.822. The average Bonchev–Trinajstić information content (AvgIpc) is 2.46. The number of anilines is 2. The molecular weight excluding hydrogens is 228 g/mol. The maximum absolute atomic E-state index is 9.00. The Bertz CT molecular complexity index is 574. The Labute approximate surface area is 105 Å². The minimum atomic E-state index is 0.302. The number of nitriles is 1. The molecule has 90 valence electrons. The Morgan fingerprint density at radius 2 is 1.83 bits per heavy atom. The molecule has 0 aliphatic rings. The molecule has 5 heteroatoms. The molecule has 0 atom stereocenters. The van der Waals surface area contributed by atoms with E-state index in [9.17, 15) is 0 Å². The predicted octanol–water partition coefficient (Wildman–Crippen LogP) is 2.12. The molecular formula is C13H12N4O. The van der Waals surface area contributed by atoms with Crippen molar-refractivity contribution in [2.75, 3.05) is 19.1 Å². The zero-order chi connectivity index (χ0) is 13.0. The van der Waals surface area contributed by atoms with E-state index < -0.39 is 0 Å². The summed E-state index contributed by atoms with van der Waals surface area (Å²) in [7, 11) is 3.46. The van der Waals surface area contributed by atoms with Crippen LogP contribution in [-0.4, -0.2) is 24.1 Å². The fourth-order valence-electron chi connectivity index (χ4n) is 1.58. The molecule has 0 aliphatic heterocycles. The molecule has 0 bridgehead atoms. The first-order valence-electron chi connectivity index (χ1n) is 5.35. The van der Waals surface area contributed by atoms with Crippen LogP contribution in [0, 0.1) is 11.3 Å². The van der Waals surface area contributed by atoms with Crippen LogP contribution in [0.2, 0.25) is 0 Å². The van der Waals surface area contributed by atoms with E-state index in [2.05, 4.69) is 9.97 Å². The van der Waals surface area contributed by atoms with Gasteiger partial charge in [0.2, 0.25) is 0 Å². The van der Waals surface area contributed by atoms with Crippen LogP contribution in [0.25, 0.3) is 0 Å². The van der Waals surface area contributed by atoms with Crippen molar-refractivity contribution in [1.82, 2.24) is 9.97 Å². The van der Waals surface area contributed by atoms with Crippen molar-refractivity contribution in [1.29, 1.82) is 5.26 Å². The number of nitrogens with zero attached hydrogens (tertiary/aromatic N) is 4. The first kappa shape index (κ1) is 11.9. The summed E-state index contributed by atoms with van der Waals surface area (Å²) in [4.78, 5) is 9.98. The molecule has 0 spiro atoms. The summed E-state index contributed by atoms with van der Waals surface area (Å²) in [5.74, 6) is 1.32. The van der Waals surface area contributed by atoms with Crippen LogP contribution in [0.4, 0.5) is 11.5 Å². The monoisotopic (exact) mass is 240 g/mol. The first-order chi connectivity index (χ1) is 8.76. The normalized spacial score (nSPS) is 9.61. The zero-order valence-corrected chi connectivity index (χ0v) is 10.2. The second-order valence-electron chi connectivity index (χ2n) is 3.60. The van der Waals surface area contributed by atoms with E-state index in [4.69, 9.17) is 10.00 Å². The van der Waals surface area contributed by atoms with Gasteiger partial charge in [-0.2, -0.15) is 5.26 Å². The lowest BCUT2D eigenvalue weighted by molar-refractivity contribution is 0.415. The number of aromatic nitrogens is 2. The number of rotatable bonds is 3. The molecule has 2 rings (SSSR count). The van der Waals surface area contributed by atoms with E-state index in [0.717, 1.165) is 11.4 Å². The Morgan fingerprint density at radius 1 is 1.17 bits per heavy atom. The van der Waals surface area contributed by atoms with Crippen LogP contribution in [0.15, 0.2) is 36.7 Å². The number of benzene rings is 1. The molecule has 0 unspecified atom stereocenters. The predicted molar refractivity (Wildman–Crippen MR) is 67.8 cm³/mol. The van der Waals surface area contributed by atoms with Crippen LogP contribution in [0.5, 0.6) is 5.75 Å². The van der Waals surface area contributed by atoms with Gasteiger partial charge >= 0.3 is 0 Å². The second-order valence-corrected chi connectivity index (χ2v) is 3.60. The Balaban J connectivity index is 2.35. The molecule has 18 heavy (non-hydrogen) atoms. The molecule has 0 fully saturated rings. The van der Waals surface area contributed by atoms with Crippen molar-refractivity contribution < 1.29 is 4.74 Å². The fourth-order valence-corrected chi connectivity index (χ4v) is 1.58. The Morgan fingerprint density at radius 3 is 2.44 bits per heavy atom. The Kier molecular flexibility index (Phi) is 3.39. The molecule has 2 aromatic rings. The average molecular weight is 240 g/mol. The fraction of sp³-hybridized carbons (Fsp3) is 0.154. The van der Waals surface area contributed by atoms with Gasteiger partial charge in [-0.25, -0.2) is 9.97 Å². The number of methoxy groups -OCH3 is 1. The maximum atomic E-state index is 9.00. The van der Waals surface area contributed by atoms with Gasteiger partial charge in [0.1, 0.15) is 11.8 Å². The molecule has 0 saturated carbocycles. The van der Waals surface area contributed by atoms with E-state index in [1.807, 2.05) is 42.3 Å². The molecule has 1 heterocycles. The van der Waals surface area contributed by atoms with Crippen LogP contribution in [0.1, 0.15) is 5.69 Å². The Hall–Kier alpha value is -2.61. The standard InChI is InChI=1S/C13H12N4O/c1-17(10-3-5-11(18-2)6-4-10)13-12(9-14)15-7-8-16-13/h3-8H,1-2H3. The third-order valence-corrected chi connectivity index (χ3v) is 2.56. The minimum absolute atomic E-state index is 0.302. The van der Waals surface area contributed by atoms with Crippen molar-refractivity contribution in [3.63, 3.8) is 0 Å². The summed E-state index contributed by atoms with van der Waals surface area (Å²) in [6.45, 7) is 0. The summed E-state index contributed by atoms with van der Waals surface area (Å²) in [6, 6.07) is 9.53. The van der Waals surface area contributed by atoms with E-state index in [1.54, 1.807) is 13.3 Å². The van der Waals surface area contributed by atoms with E-state index in [0.29, 0.717) is 11.5 Å². The molecule has 0 aliphatic carbocycles. The summed E-state index contributed by atoms with van der Waals surface area (Å²) in [5.41, 5.74) is 1.21. The largest absolute Gasteiger partial charge is 0.497 e. The molecule has 0 N–H and O–H groups in total. The highest BCUT2D eigenvalue weighted by Crippen LogP contribution is 2.25. The van der Waals surface area contributed by atoms with Gasteiger partial charge < -0.3 is 9.64 Å². The third-order valence-electron chi connectivity index (χ3n) is 2.56. The highest BCUT2D eigenvalue weighted by Gasteiger charge is 2.11. The molecule has 5 nitrogen and oxygen atoms in total. The van der Waals surface area contributed by atoms with Gasteiger partial charge in [0.25, 0.3) is 0 Å². The van der Waals surface area contributed by atoms with Gasteiger partial charge in [-0.3, -0.25) is 0 Å². The van der Waals surface area contributed by atoms with Crippen LogP contribution < -0.4 is 9.64 Å². The smallest absolute Gasteiger partial charge is 0.183 e. The van der Waals surface area contributed by atoms with E-state index in [-0.39, 0.29) is 0 Å². The van der Waals surface area contributed by atoms with Crippen LogP contribution in [0.3, 0.4) is 0 Å². The summed E-state index contributed by atoms with van der Waals surface area (Å²) in [6.07, 6.45) is 3.07. The molecule has 1 aromatic heterocycles. The second kappa shape index (κ2) is 5.15. The molecule has 1 aromatic carbocycles. The van der Waals surface area contributed by atoms with Gasteiger partial charge in [-0.05, 0) is 24.3 Å². The van der Waals surface area contributed by atoms with Gasteiger partial charge in [-0.15, -0.1) is 0 Å².